The molecule has 7 nitrogen and oxygen atoms in total. The van der Waals surface area contributed by atoms with Gasteiger partial charge in [-0.1, -0.05) is 0 Å². The lowest BCUT2D eigenvalue weighted by molar-refractivity contribution is 0.0696. The summed E-state index contributed by atoms with van der Waals surface area (Å²) in [5.74, 6) is 0. The van der Waals surface area contributed by atoms with Crippen LogP contribution in [0.25, 0.3) is 0 Å². The number of rotatable bonds is 3. The molecule has 18 heavy (non-hydrogen) atoms. The lowest BCUT2D eigenvalue weighted by Gasteiger charge is -2.34. The first-order valence-corrected chi connectivity index (χ1v) is 7.44. The molecule has 2 aliphatic heterocycles. The molecule has 0 atom stereocenters. The molecule has 0 unspecified atom stereocenters. The van der Waals surface area contributed by atoms with Crippen LogP contribution in [0.5, 0.6) is 0 Å². The number of hydrogen-bond donors (Lipinski definition) is 0. The third kappa shape index (κ3) is 2.96. The second-order valence-corrected chi connectivity index (χ2v) is 6.30. The fourth-order valence-corrected chi connectivity index (χ4v) is 3.83. The standard InChI is InChI=1S/C10H17N3O4S/c14-9-11-10-1-3-12(4-2-10)18(15,16)13-5-7-17-8-6-13/h10H,1-8H2. The van der Waals surface area contributed by atoms with E-state index in [1.165, 1.54) is 14.7 Å². The van der Waals surface area contributed by atoms with Gasteiger partial charge in [0, 0.05) is 26.2 Å². The number of morpholine rings is 1. The van der Waals surface area contributed by atoms with Crippen molar-refractivity contribution in [3.63, 3.8) is 0 Å². The van der Waals surface area contributed by atoms with Gasteiger partial charge >= 0.3 is 0 Å². The van der Waals surface area contributed by atoms with Crippen LogP contribution in [0.2, 0.25) is 0 Å². The molecule has 8 heteroatoms. The predicted molar refractivity (Wildman–Crippen MR) is 64.0 cm³/mol. The fourth-order valence-electron chi connectivity index (χ4n) is 2.22. The Morgan fingerprint density at radius 2 is 1.61 bits per heavy atom. The first-order valence-electron chi connectivity index (χ1n) is 6.04. The van der Waals surface area contributed by atoms with Crippen LogP contribution in [-0.2, 0) is 19.7 Å². The molecule has 0 aliphatic carbocycles. The molecule has 2 fully saturated rings. The van der Waals surface area contributed by atoms with E-state index in [0.717, 1.165) is 0 Å². The van der Waals surface area contributed by atoms with Gasteiger partial charge in [0.05, 0.1) is 19.3 Å². The summed E-state index contributed by atoms with van der Waals surface area (Å²) in [4.78, 5) is 13.8. The minimum absolute atomic E-state index is 0.0846. The average Bonchev–Trinajstić information content (AvgIpc) is 2.41. The number of ether oxygens (including phenoxy) is 1. The molecular weight excluding hydrogens is 258 g/mol. The average molecular weight is 275 g/mol. The van der Waals surface area contributed by atoms with Crippen molar-refractivity contribution in [2.45, 2.75) is 18.9 Å². The summed E-state index contributed by atoms with van der Waals surface area (Å²) in [6, 6.07) is -0.0846. The quantitative estimate of drug-likeness (QED) is 0.507. The van der Waals surface area contributed by atoms with Crippen molar-refractivity contribution in [1.82, 2.24) is 8.61 Å². The van der Waals surface area contributed by atoms with Crippen LogP contribution in [0.3, 0.4) is 0 Å². The third-order valence-corrected chi connectivity index (χ3v) is 5.32. The highest BCUT2D eigenvalue weighted by Crippen LogP contribution is 2.19. The second kappa shape index (κ2) is 5.90. The topological polar surface area (TPSA) is 79.3 Å². The molecular formula is C10H17N3O4S. The van der Waals surface area contributed by atoms with E-state index in [1.807, 2.05) is 0 Å². The summed E-state index contributed by atoms with van der Waals surface area (Å²) in [5.41, 5.74) is 0. The highest BCUT2D eigenvalue weighted by atomic mass is 32.2. The van der Waals surface area contributed by atoms with Crippen LogP contribution in [0, 0.1) is 0 Å². The van der Waals surface area contributed by atoms with Gasteiger partial charge in [0.2, 0.25) is 6.08 Å². The molecule has 0 aromatic heterocycles. The van der Waals surface area contributed by atoms with Gasteiger partial charge in [-0.2, -0.15) is 17.0 Å². The maximum Gasteiger partial charge on any atom is 0.282 e. The first-order chi connectivity index (χ1) is 8.64. The van der Waals surface area contributed by atoms with Crippen molar-refractivity contribution in [2.75, 3.05) is 39.4 Å². The number of hydrogen-bond acceptors (Lipinski definition) is 5. The van der Waals surface area contributed by atoms with Crippen LogP contribution >= 0.6 is 0 Å². The maximum atomic E-state index is 12.3. The van der Waals surface area contributed by atoms with Crippen LogP contribution in [-0.4, -0.2) is 68.5 Å². The van der Waals surface area contributed by atoms with Crippen LogP contribution < -0.4 is 0 Å². The lowest BCUT2D eigenvalue weighted by Crippen LogP contribution is -2.51. The Kier molecular flexibility index (Phi) is 4.47. The van der Waals surface area contributed by atoms with Crippen molar-refractivity contribution in [2.24, 2.45) is 4.99 Å². The number of isocyanates is 1. The maximum absolute atomic E-state index is 12.3. The molecule has 0 radical (unpaired) electrons. The molecule has 0 bridgehead atoms. The Labute approximate surface area is 107 Å². The smallest absolute Gasteiger partial charge is 0.282 e. The summed E-state index contributed by atoms with van der Waals surface area (Å²) >= 11 is 0. The van der Waals surface area contributed by atoms with Gasteiger partial charge in [-0.3, -0.25) is 0 Å². The summed E-state index contributed by atoms with van der Waals surface area (Å²) < 4.78 is 32.7. The molecule has 2 saturated heterocycles. The molecule has 0 saturated carbocycles. The van der Waals surface area contributed by atoms with Gasteiger partial charge in [-0.05, 0) is 12.8 Å². The van der Waals surface area contributed by atoms with Crippen molar-refractivity contribution in [3.05, 3.63) is 0 Å². The summed E-state index contributed by atoms with van der Waals surface area (Å²) in [6.07, 6.45) is 2.70. The van der Waals surface area contributed by atoms with E-state index in [-0.39, 0.29) is 6.04 Å². The van der Waals surface area contributed by atoms with Crippen molar-refractivity contribution < 1.29 is 17.9 Å². The van der Waals surface area contributed by atoms with Gasteiger partial charge in [0.15, 0.2) is 0 Å². The van der Waals surface area contributed by atoms with Crippen molar-refractivity contribution >= 4 is 16.3 Å². The van der Waals surface area contributed by atoms with Gasteiger partial charge in [-0.25, -0.2) is 9.79 Å². The number of nitrogens with zero attached hydrogens (tertiary/aromatic N) is 3. The monoisotopic (exact) mass is 275 g/mol. The summed E-state index contributed by atoms with van der Waals surface area (Å²) in [7, 11) is -3.38. The molecule has 0 spiro atoms. The Balaban J connectivity index is 1.97. The van der Waals surface area contributed by atoms with Gasteiger partial charge < -0.3 is 4.74 Å². The zero-order valence-electron chi connectivity index (χ0n) is 10.1. The van der Waals surface area contributed by atoms with Crippen molar-refractivity contribution in [3.8, 4) is 0 Å². The van der Waals surface area contributed by atoms with Crippen LogP contribution in [0.1, 0.15) is 12.8 Å². The summed E-state index contributed by atoms with van der Waals surface area (Å²) in [5, 5.41) is 0. The second-order valence-electron chi connectivity index (χ2n) is 4.37. The van der Waals surface area contributed by atoms with Gasteiger partial charge in [-0.15, -0.1) is 0 Å². The molecule has 2 rings (SSSR count). The number of aliphatic imine (C=N–C) groups is 1. The Hall–Kier alpha value is -0.790. The van der Waals surface area contributed by atoms with Gasteiger partial charge in [0.25, 0.3) is 10.2 Å². The van der Waals surface area contributed by atoms with Crippen molar-refractivity contribution in [1.29, 1.82) is 0 Å². The molecule has 2 aliphatic rings. The minimum Gasteiger partial charge on any atom is -0.379 e. The third-order valence-electron chi connectivity index (χ3n) is 3.28. The predicted octanol–water partition coefficient (Wildman–Crippen LogP) is -0.636. The van der Waals surface area contributed by atoms with E-state index < -0.39 is 10.2 Å². The molecule has 102 valence electrons. The fraction of sp³-hybridized carbons (Fsp3) is 0.900. The zero-order chi connectivity index (χ0) is 13.0. The highest BCUT2D eigenvalue weighted by molar-refractivity contribution is 7.86. The van der Waals surface area contributed by atoms with E-state index in [1.54, 1.807) is 0 Å². The minimum atomic E-state index is -3.38. The van der Waals surface area contributed by atoms with Gasteiger partial charge in [0.1, 0.15) is 0 Å². The zero-order valence-corrected chi connectivity index (χ0v) is 10.9. The van der Waals surface area contributed by atoms with E-state index >= 15 is 0 Å². The largest absolute Gasteiger partial charge is 0.379 e. The van der Waals surface area contributed by atoms with Crippen LogP contribution in [0.15, 0.2) is 4.99 Å². The number of carbonyl (C=O) groups excluding carboxylic acids is 1. The normalized spacial score (nSPS) is 24.7. The molecule has 0 N–H and O–H groups in total. The lowest BCUT2D eigenvalue weighted by atomic mass is 10.1. The SMILES string of the molecule is O=C=NC1CCN(S(=O)(=O)N2CCOCC2)CC1. The molecule has 0 aromatic carbocycles. The van der Waals surface area contributed by atoms with E-state index in [9.17, 15) is 13.2 Å². The van der Waals surface area contributed by atoms with Crippen LogP contribution in [0.4, 0.5) is 0 Å². The Morgan fingerprint density at radius 3 is 2.17 bits per heavy atom. The highest BCUT2D eigenvalue weighted by Gasteiger charge is 2.33. The first kappa shape index (κ1) is 13.6. The Morgan fingerprint density at radius 1 is 1.06 bits per heavy atom. The summed E-state index contributed by atoms with van der Waals surface area (Å²) in [6.45, 7) is 2.55. The Bertz CT molecular complexity index is 418. The van der Waals surface area contributed by atoms with E-state index in [0.29, 0.717) is 52.2 Å². The molecule has 0 aromatic rings. The molecule has 0 amide bonds. The van der Waals surface area contributed by atoms with E-state index in [4.69, 9.17) is 4.74 Å². The molecule has 2 heterocycles. The number of piperidine rings is 1. The van der Waals surface area contributed by atoms with E-state index in [2.05, 4.69) is 4.99 Å².